The Balaban J connectivity index is 2.16. The van der Waals surface area contributed by atoms with E-state index in [-0.39, 0.29) is 6.61 Å². The lowest BCUT2D eigenvalue weighted by Gasteiger charge is -2.02. The van der Waals surface area contributed by atoms with Gasteiger partial charge in [-0.15, -0.1) is 0 Å². The molecule has 0 aliphatic heterocycles. The van der Waals surface area contributed by atoms with Gasteiger partial charge in [-0.05, 0) is 29.8 Å². The third-order valence-electron chi connectivity index (χ3n) is 2.19. The maximum Gasteiger partial charge on any atom is 0.141 e. The maximum absolute atomic E-state index is 8.94. The fourth-order valence-electron chi connectivity index (χ4n) is 1.33. The van der Waals surface area contributed by atoms with Crippen LogP contribution in [0.25, 0.3) is 0 Å². The highest BCUT2D eigenvalue weighted by Gasteiger charge is 1.99. The summed E-state index contributed by atoms with van der Waals surface area (Å²) in [5.74, 6) is 0. The van der Waals surface area contributed by atoms with E-state index in [4.69, 9.17) is 10.4 Å². The molecular weight excluding hydrogens is 232 g/mol. The van der Waals surface area contributed by atoms with Gasteiger partial charge in [0.05, 0.1) is 6.61 Å². The summed E-state index contributed by atoms with van der Waals surface area (Å²) in [5.41, 5.74) is 1.31. The minimum Gasteiger partial charge on any atom is -0.392 e. The Morgan fingerprint density at radius 1 is 1.18 bits per heavy atom. The quantitative estimate of drug-likeness (QED) is 0.898. The lowest BCUT2D eigenvalue weighted by molar-refractivity contribution is 0.282. The zero-order valence-corrected chi connectivity index (χ0v) is 9.81. The number of pyridine rings is 1. The van der Waals surface area contributed by atoms with E-state index in [1.54, 1.807) is 24.0 Å². The van der Waals surface area contributed by atoms with E-state index in [2.05, 4.69) is 4.98 Å². The second kappa shape index (κ2) is 5.48. The highest BCUT2D eigenvalue weighted by Crippen LogP contribution is 2.27. The van der Waals surface area contributed by atoms with Crippen LogP contribution in [0.4, 0.5) is 0 Å². The van der Waals surface area contributed by atoms with E-state index >= 15 is 0 Å². The SMILES string of the molecule is N#Cc1cc(Sc2ccc(CO)cc2)ccn1. The molecule has 1 heterocycles. The van der Waals surface area contributed by atoms with Gasteiger partial charge in [0.2, 0.25) is 0 Å². The lowest BCUT2D eigenvalue weighted by atomic mass is 10.2. The van der Waals surface area contributed by atoms with Crippen molar-refractivity contribution in [2.24, 2.45) is 0 Å². The fraction of sp³-hybridized carbons (Fsp3) is 0.0769. The molecule has 0 aliphatic rings. The van der Waals surface area contributed by atoms with Crippen molar-refractivity contribution < 1.29 is 5.11 Å². The number of nitrogens with zero attached hydrogens (tertiary/aromatic N) is 2. The van der Waals surface area contributed by atoms with Crippen molar-refractivity contribution in [3.8, 4) is 6.07 Å². The molecule has 17 heavy (non-hydrogen) atoms. The first kappa shape index (κ1) is 11.6. The number of hydrogen-bond acceptors (Lipinski definition) is 4. The first-order chi connectivity index (χ1) is 8.31. The zero-order valence-electron chi connectivity index (χ0n) is 9.00. The second-order valence-corrected chi connectivity index (χ2v) is 4.54. The monoisotopic (exact) mass is 242 g/mol. The van der Waals surface area contributed by atoms with Crippen LogP contribution in [-0.4, -0.2) is 10.1 Å². The van der Waals surface area contributed by atoms with Crippen LogP contribution in [0.1, 0.15) is 11.3 Å². The van der Waals surface area contributed by atoms with Gasteiger partial charge in [-0.25, -0.2) is 4.98 Å². The molecule has 0 saturated carbocycles. The number of aromatic nitrogens is 1. The van der Waals surface area contributed by atoms with E-state index in [0.717, 1.165) is 15.4 Å². The molecule has 1 aromatic heterocycles. The first-order valence-corrected chi connectivity index (χ1v) is 5.87. The van der Waals surface area contributed by atoms with Gasteiger partial charge in [-0.3, -0.25) is 0 Å². The highest BCUT2D eigenvalue weighted by molar-refractivity contribution is 7.99. The zero-order chi connectivity index (χ0) is 12.1. The van der Waals surface area contributed by atoms with Crippen LogP contribution in [0, 0.1) is 11.3 Å². The van der Waals surface area contributed by atoms with Crippen molar-refractivity contribution >= 4 is 11.8 Å². The van der Waals surface area contributed by atoms with Gasteiger partial charge >= 0.3 is 0 Å². The minimum atomic E-state index is 0.0543. The normalized spacial score (nSPS) is 9.88. The summed E-state index contributed by atoms with van der Waals surface area (Å²) in [4.78, 5) is 5.97. The van der Waals surface area contributed by atoms with Gasteiger partial charge in [0.1, 0.15) is 11.8 Å². The van der Waals surface area contributed by atoms with Gasteiger partial charge in [0.25, 0.3) is 0 Å². The van der Waals surface area contributed by atoms with Gasteiger partial charge < -0.3 is 5.11 Å². The average Bonchev–Trinajstić information content (AvgIpc) is 2.40. The van der Waals surface area contributed by atoms with Gasteiger partial charge in [-0.1, -0.05) is 23.9 Å². The molecular formula is C13H10N2OS. The van der Waals surface area contributed by atoms with E-state index < -0.39 is 0 Å². The van der Waals surface area contributed by atoms with Crippen molar-refractivity contribution in [3.63, 3.8) is 0 Å². The van der Waals surface area contributed by atoms with Crippen LogP contribution in [0.3, 0.4) is 0 Å². The van der Waals surface area contributed by atoms with Crippen LogP contribution < -0.4 is 0 Å². The molecule has 0 atom stereocenters. The molecule has 1 aromatic carbocycles. The van der Waals surface area contributed by atoms with Crippen LogP contribution in [0.2, 0.25) is 0 Å². The summed E-state index contributed by atoms with van der Waals surface area (Å²) in [6.45, 7) is 0.0543. The summed E-state index contributed by atoms with van der Waals surface area (Å²) >= 11 is 1.56. The molecule has 0 saturated heterocycles. The number of rotatable bonds is 3. The van der Waals surface area contributed by atoms with Crippen molar-refractivity contribution in [1.82, 2.24) is 4.98 Å². The first-order valence-electron chi connectivity index (χ1n) is 5.05. The Bertz CT molecular complexity index is 546. The molecule has 0 fully saturated rings. The molecule has 0 bridgehead atoms. The highest BCUT2D eigenvalue weighted by atomic mass is 32.2. The number of aliphatic hydroxyl groups is 1. The van der Waals surface area contributed by atoms with Crippen LogP contribution in [0.15, 0.2) is 52.4 Å². The van der Waals surface area contributed by atoms with Crippen molar-refractivity contribution in [3.05, 3.63) is 53.9 Å². The van der Waals surface area contributed by atoms with Gasteiger partial charge in [-0.2, -0.15) is 5.26 Å². The van der Waals surface area contributed by atoms with Crippen LogP contribution in [-0.2, 0) is 6.61 Å². The molecule has 2 aromatic rings. The van der Waals surface area contributed by atoms with Crippen LogP contribution >= 0.6 is 11.8 Å². The van der Waals surface area contributed by atoms with E-state index in [9.17, 15) is 0 Å². The summed E-state index contributed by atoms with van der Waals surface area (Å²) < 4.78 is 0. The van der Waals surface area contributed by atoms with Crippen molar-refractivity contribution in [2.45, 2.75) is 16.4 Å². The largest absolute Gasteiger partial charge is 0.392 e. The summed E-state index contributed by atoms with van der Waals surface area (Å²) in [5, 5.41) is 17.7. The maximum atomic E-state index is 8.94. The predicted octanol–water partition coefficient (Wildman–Crippen LogP) is 2.60. The molecule has 84 valence electrons. The molecule has 0 amide bonds. The van der Waals surface area contributed by atoms with Crippen LogP contribution in [0.5, 0.6) is 0 Å². The van der Waals surface area contributed by atoms with Crippen molar-refractivity contribution in [2.75, 3.05) is 0 Å². The molecule has 0 radical (unpaired) electrons. The predicted molar refractivity (Wildman–Crippen MR) is 65.4 cm³/mol. The smallest absolute Gasteiger partial charge is 0.141 e. The average molecular weight is 242 g/mol. The molecule has 0 aliphatic carbocycles. The van der Waals surface area contributed by atoms with E-state index in [0.29, 0.717) is 5.69 Å². The molecule has 0 spiro atoms. The van der Waals surface area contributed by atoms with Gasteiger partial charge in [0, 0.05) is 16.0 Å². The minimum absolute atomic E-state index is 0.0543. The summed E-state index contributed by atoms with van der Waals surface area (Å²) in [6.07, 6.45) is 1.63. The third kappa shape index (κ3) is 3.06. The standard InChI is InChI=1S/C13H10N2OS/c14-8-11-7-13(5-6-15-11)17-12-3-1-10(9-16)2-4-12/h1-7,16H,9H2. The van der Waals surface area contributed by atoms with E-state index in [1.165, 1.54) is 0 Å². The molecule has 4 heteroatoms. The molecule has 3 nitrogen and oxygen atoms in total. The van der Waals surface area contributed by atoms with Gasteiger partial charge in [0.15, 0.2) is 0 Å². The molecule has 0 unspecified atom stereocenters. The molecule has 1 N–H and O–H groups in total. The number of nitriles is 1. The second-order valence-electron chi connectivity index (χ2n) is 3.39. The Hall–Kier alpha value is -1.83. The third-order valence-corrected chi connectivity index (χ3v) is 3.19. The Kier molecular flexibility index (Phi) is 3.76. The Labute approximate surface area is 104 Å². The van der Waals surface area contributed by atoms with Crippen molar-refractivity contribution in [1.29, 1.82) is 5.26 Å². The number of hydrogen-bond donors (Lipinski definition) is 1. The Morgan fingerprint density at radius 2 is 1.94 bits per heavy atom. The molecule has 2 rings (SSSR count). The number of aliphatic hydroxyl groups excluding tert-OH is 1. The lowest BCUT2D eigenvalue weighted by Crippen LogP contribution is -1.83. The number of benzene rings is 1. The summed E-state index contributed by atoms with van der Waals surface area (Å²) in [7, 11) is 0. The van der Waals surface area contributed by atoms with E-state index in [1.807, 2.05) is 36.4 Å². The fourth-order valence-corrected chi connectivity index (χ4v) is 2.18. The summed E-state index contributed by atoms with van der Waals surface area (Å²) in [6, 6.07) is 13.3. The topological polar surface area (TPSA) is 56.9 Å². The Morgan fingerprint density at radius 3 is 2.59 bits per heavy atom.